The van der Waals surface area contributed by atoms with Crippen LogP contribution in [0.25, 0.3) is 0 Å². The molecule has 1 aromatic rings. The zero-order valence-electron chi connectivity index (χ0n) is 24.1. The monoisotopic (exact) mass is 518 g/mol. The Hall–Kier alpha value is -2.48. The number of fused-ring (bicyclic) bond motifs is 3. The van der Waals surface area contributed by atoms with Gasteiger partial charge < -0.3 is 24.3 Å². The van der Waals surface area contributed by atoms with Crippen LogP contribution in [0.4, 0.5) is 4.79 Å². The summed E-state index contributed by atoms with van der Waals surface area (Å²) in [6, 6.07) is 3.50. The lowest BCUT2D eigenvalue weighted by Gasteiger charge is -2.47. The highest BCUT2D eigenvalue weighted by atomic mass is 16.6. The molecule has 208 valence electrons. The number of methoxy groups -OCH3 is 2. The molecule has 0 radical (unpaired) electrons. The Bertz CT molecular complexity index is 954. The zero-order chi connectivity index (χ0) is 27.5. The summed E-state index contributed by atoms with van der Waals surface area (Å²) < 4.78 is 22.8. The van der Waals surface area contributed by atoms with Gasteiger partial charge in [0, 0.05) is 31.5 Å². The summed E-state index contributed by atoms with van der Waals surface area (Å²) in [6.07, 6.45) is 1.74. The van der Waals surface area contributed by atoms with E-state index in [4.69, 9.17) is 18.9 Å². The number of benzene rings is 1. The van der Waals surface area contributed by atoms with Crippen LogP contribution in [0.15, 0.2) is 12.1 Å². The van der Waals surface area contributed by atoms with E-state index in [2.05, 4.69) is 36.2 Å². The molecule has 0 aromatic heterocycles. The lowest BCUT2D eigenvalue weighted by molar-refractivity contribution is -0.161. The van der Waals surface area contributed by atoms with Crippen molar-refractivity contribution in [3.05, 3.63) is 23.3 Å². The van der Waals surface area contributed by atoms with Crippen LogP contribution in [0.5, 0.6) is 11.5 Å². The summed E-state index contributed by atoms with van der Waals surface area (Å²) in [7, 11) is 3.31. The lowest BCUT2D eigenvalue weighted by atomic mass is 9.79. The normalized spacial score (nSPS) is 22.6. The molecule has 4 atom stereocenters. The number of carbonyl (C=O) groups is 2. The van der Waals surface area contributed by atoms with Gasteiger partial charge in [0.25, 0.3) is 0 Å². The van der Waals surface area contributed by atoms with Crippen LogP contribution in [0.1, 0.15) is 78.5 Å². The first-order valence-electron chi connectivity index (χ1n) is 13.5. The Morgan fingerprint density at radius 1 is 1.08 bits per heavy atom. The van der Waals surface area contributed by atoms with Crippen LogP contribution in [0.3, 0.4) is 0 Å². The number of amides is 1. The maximum Gasteiger partial charge on any atom is 0.408 e. The van der Waals surface area contributed by atoms with E-state index in [1.165, 1.54) is 11.1 Å². The molecule has 2 unspecified atom stereocenters. The van der Waals surface area contributed by atoms with Crippen molar-refractivity contribution in [2.24, 2.45) is 17.8 Å². The van der Waals surface area contributed by atoms with Gasteiger partial charge in [-0.25, -0.2) is 9.59 Å². The first kappa shape index (κ1) is 29.1. The predicted octanol–water partition coefficient (Wildman–Crippen LogP) is 5.13. The molecule has 0 aliphatic carbocycles. The van der Waals surface area contributed by atoms with Gasteiger partial charge in [0.05, 0.1) is 14.2 Å². The third kappa shape index (κ3) is 7.30. The zero-order valence-corrected chi connectivity index (χ0v) is 24.1. The Labute approximate surface area is 222 Å². The number of rotatable bonds is 8. The van der Waals surface area contributed by atoms with E-state index < -0.39 is 23.7 Å². The molecule has 1 aromatic carbocycles. The van der Waals surface area contributed by atoms with Crippen molar-refractivity contribution in [1.82, 2.24) is 10.2 Å². The van der Waals surface area contributed by atoms with Crippen molar-refractivity contribution < 1.29 is 28.5 Å². The van der Waals surface area contributed by atoms with Crippen molar-refractivity contribution in [2.75, 3.05) is 27.3 Å². The molecule has 8 nitrogen and oxygen atoms in total. The molecule has 37 heavy (non-hydrogen) atoms. The second kappa shape index (κ2) is 11.9. The number of esters is 1. The molecular weight excluding hydrogens is 472 g/mol. The van der Waals surface area contributed by atoms with E-state index in [9.17, 15) is 9.59 Å². The molecule has 1 N–H and O–H groups in total. The maximum atomic E-state index is 13.4. The average molecular weight is 519 g/mol. The molecular formula is C29H46N2O6. The summed E-state index contributed by atoms with van der Waals surface area (Å²) in [6.45, 7) is 15.4. The minimum atomic E-state index is -0.782. The van der Waals surface area contributed by atoms with Gasteiger partial charge in [-0.05, 0) is 68.7 Å². The average Bonchev–Trinajstić information content (AvgIpc) is 2.80. The second-order valence-corrected chi connectivity index (χ2v) is 12.1. The van der Waals surface area contributed by atoms with Crippen LogP contribution in [0, 0.1) is 17.8 Å². The van der Waals surface area contributed by atoms with Gasteiger partial charge in [-0.1, -0.05) is 27.7 Å². The van der Waals surface area contributed by atoms with Gasteiger partial charge in [0.15, 0.2) is 11.5 Å². The molecule has 0 bridgehead atoms. The third-order valence-electron chi connectivity index (χ3n) is 7.20. The third-order valence-corrected chi connectivity index (χ3v) is 7.20. The van der Waals surface area contributed by atoms with Crippen LogP contribution in [0.2, 0.25) is 0 Å². The van der Waals surface area contributed by atoms with Gasteiger partial charge in [-0.3, -0.25) is 4.90 Å². The van der Waals surface area contributed by atoms with Crippen molar-refractivity contribution in [2.45, 2.75) is 91.5 Å². The van der Waals surface area contributed by atoms with Gasteiger partial charge in [0.1, 0.15) is 17.7 Å². The number of hydrogen-bond donors (Lipinski definition) is 1. The van der Waals surface area contributed by atoms with Gasteiger partial charge >= 0.3 is 12.1 Å². The molecule has 3 rings (SSSR count). The van der Waals surface area contributed by atoms with Crippen LogP contribution >= 0.6 is 0 Å². The van der Waals surface area contributed by atoms with Crippen molar-refractivity contribution >= 4 is 12.1 Å². The molecule has 8 heteroatoms. The number of carbonyl (C=O) groups excluding carboxylic acids is 2. The Morgan fingerprint density at radius 3 is 2.30 bits per heavy atom. The number of nitrogens with zero attached hydrogens (tertiary/aromatic N) is 1. The molecule has 1 fully saturated rings. The van der Waals surface area contributed by atoms with Gasteiger partial charge in [0.2, 0.25) is 0 Å². The SMILES string of the molecule is COc1cc2c(cc1OC)C1C[C@@H](OC(=O)C(NC(=O)OC(C)(C)C)C(C)C)[C@H](CC(C)C)CN1CC2. The smallest absolute Gasteiger partial charge is 0.408 e. The summed E-state index contributed by atoms with van der Waals surface area (Å²) in [5.41, 5.74) is 1.81. The van der Waals surface area contributed by atoms with Crippen molar-refractivity contribution in [1.29, 1.82) is 0 Å². The highest BCUT2D eigenvalue weighted by Gasteiger charge is 2.42. The van der Waals surface area contributed by atoms with Crippen molar-refractivity contribution in [3.8, 4) is 11.5 Å². The Morgan fingerprint density at radius 2 is 1.73 bits per heavy atom. The number of ether oxygens (including phenoxy) is 4. The molecule has 0 spiro atoms. The summed E-state index contributed by atoms with van der Waals surface area (Å²) in [4.78, 5) is 28.4. The van der Waals surface area contributed by atoms with E-state index in [0.29, 0.717) is 18.1 Å². The Kier molecular flexibility index (Phi) is 9.37. The standard InChI is InChI=1S/C29H46N2O6/c1-17(2)12-20-16-31-11-10-19-13-24(34-8)25(35-9)14-21(19)22(31)15-23(20)36-27(32)26(18(3)4)30-28(33)37-29(5,6)7/h13-14,17-18,20,22-23,26H,10-12,15-16H2,1-9H3,(H,30,33)/t20-,22?,23-,26?/m1/s1. The highest BCUT2D eigenvalue weighted by molar-refractivity contribution is 5.81. The molecule has 2 aliphatic rings. The second-order valence-electron chi connectivity index (χ2n) is 12.1. The maximum absolute atomic E-state index is 13.4. The van der Waals surface area contributed by atoms with E-state index in [-0.39, 0.29) is 24.0 Å². The summed E-state index contributed by atoms with van der Waals surface area (Å²) >= 11 is 0. The number of hydrogen-bond acceptors (Lipinski definition) is 7. The molecule has 2 aliphatic heterocycles. The molecule has 1 saturated heterocycles. The van der Waals surface area contributed by atoms with Crippen LogP contribution < -0.4 is 14.8 Å². The van der Waals surface area contributed by atoms with E-state index in [0.717, 1.165) is 31.7 Å². The molecule has 1 amide bonds. The molecule has 0 saturated carbocycles. The van der Waals surface area contributed by atoms with Gasteiger partial charge in [-0.2, -0.15) is 0 Å². The van der Waals surface area contributed by atoms with Gasteiger partial charge in [-0.15, -0.1) is 0 Å². The van der Waals surface area contributed by atoms with Crippen LogP contribution in [-0.2, 0) is 20.7 Å². The van der Waals surface area contributed by atoms with E-state index >= 15 is 0 Å². The van der Waals surface area contributed by atoms with Crippen molar-refractivity contribution in [3.63, 3.8) is 0 Å². The fourth-order valence-electron chi connectivity index (χ4n) is 5.54. The Balaban J connectivity index is 1.84. The summed E-state index contributed by atoms with van der Waals surface area (Å²) in [5.74, 6) is 1.59. The minimum Gasteiger partial charge on any atom is -0.493 e. The number of piperidine rings is 1. The van der Waals surface area contributed by atoms with E-state index in [1.54, 1.807) is 35.0 Å². The number of alkyl carbamates (subject to hydrolysis) is 1. The van der Waals surface area contributed by atoms with E-state index in [1.807, 2.05) is 13.8 Å². The highest BCUT2D eigenvalue weighted by Crippen LogP contribution is 2.44. The first-order chi connectivity index (χ1) is 17.3. The predicted molar refractivity (Wildman–Crippen MR) is 143 cm³/mol. The molecule has 2 heterocycles. The quantitative estimate of drug-likeness (QED) is 0.478. The fraction of sp³-hybridized carbons (Fsp3) is 0.724. The van der Waals surface area contributed by atoms with Crippen LogP contribution in [-0.4, -0.2) is 62.0 Å². The topological polar surface area (TPSA) is 86.3 Å². The fourth-order valence-corrected chi connectivity index (χ4v) is 5.54. The largest absolute Gasteiger partial charge is 0.493 e. The first-order valence-corrected chi connectivity index (χ1v) is 13.5. The summed E-state index contributed by atoms with van der Waals surface area (Å²) in [5, 5.41) is 2.74. The minimum absolute atomic E-state index is 0.126. The lowest BCUT2D eigenvalue weighted by Crippen LogP contribution is -2.52. The number of nitrogens with one attached hydrogen (secondary N) is 1.